The van der Waals surface area contributed by atoms with Crippen LogP contribution >= 0.6 is 0 Å². The molecule has 0 aliphatic carbocycles. The van der Waals surface area contributed by atoms with Gasteiger partial charge in [0.05, 0.1) is 0 Å². The number of halogens is 1. The molecule has 0 saturated carbocycles. The average Bonchev–Trinajstić information content (AvgIpc) is 2.19. The lowest BCUT2D eigenvalue weighted by Crippen LogP contribution is -2.43. The van der Waals surface area contributed by atoms with Gasteiger partial charge in [-0.15, -0.1) is 0 Å². The van der Waals surface area contributed by atoms with Crippen LogP contribution in [-0.4, -0.2) is 31.2 Å². The molecule has 1 aliphatic rings. The highest BCUT2D eigenvalue weighted by molar-refractivity contribution is 5.38. The third kappa shape index (κ3) is 1.95. The van der Waals surface area contributed by atoms with Crippen molar-refractivity contribution >= 4 is 5.82 Å². The van der Waals surface area contributed by atoms with Crippen LogP contribution in [0.1, 0.15) is 0 Å². The molecule has 4 heteroatoms. The molecule has 1 saturated heterocycles. The molecule has 0 aromatic carbocycles. The lowest BCUT2D eigenvalue weighted by molar-refractivity contribution is 0.579. The minimum atomic E-state index is -0.219. The van der Waals surface area contributed by atoms with E-state index >= 15 is 0 Å². The molecule has 1 aromatic heterocycles. The Bertz CT molecular complexity index is 284. The van der Waals surface area contributed by atoms with Gasteiger partial charge in [0.25, 0.3) is 0 Å². The van der Waals surface area contributed by atoms with Crippen LogP contribution in [0.4, 0.5) is 10.2 Å². The van der Waals surface area contributed by atoms with Crippen molar-refractivity contribution in [2.24, 2.45) is 0 Å². The Balaban J connectivity index is 2.14. The molecule has 13 heavy (non-hydrogen) atoms. The van der Waals surface area contributed by atoms with Crippen LogP contribution in [0.2, 0.25) is 0 Å². The third-order valence-electron chi connectivity index (χ3n) is 2.15. The third-order valence-corrected chi connectivity index (χ3v) is 2.15. The van der Waals surface area contributed by atoms with E-state index in [-0.39, 0.29) is 5.82 Å². The highest BCUT2D eigenvalue weighted by Crippen LogP contribution is 2.11. The molecule has 1 N–H and O–H groups in total. The highest BCUT2D eigenvalue weighted by Gasteiger charge is 2.11. The minimum absolute atomic E-state index is 0.219. The molecule has 1 fully saturated rings. The predicted molar refractivity (Wildman–Crippen MR) is 49.3 cm³/mol. The highest BCUT2D eigenvalue weighted by atomic mass is 19.1. The van der Waals surface area contributed by atoms with Crippen LogP contribution in [0.3, 0.4) is 0 Å². The zero-order chi connectivity index (χ0) is 9.10. The average molecular weight is 181 g/mol. The van der Waals surface area contributed by atoms with Gasteiger partial charge >= 0.3 is 0 Å². The lowest BCUT2D eigenvalue weighted by atomic mass is 10.3. The summed E-state index contributed by atoms with van der Waals surface area (Å²) < 4.78 is 12.8. The number of piperazine rings is 1. The molecule has 0 bridgehead atoms. The summed E-state index contributed by atoms with van der Waals surface area (Å²) in [5, 5.41) is 3.24. The molecule has 3 nitrogen and oxygen atoms in total. The Morgan fingerprint density at radius 2 is 2.15 bits per heavy atom. The van der Waals surface area contributed by atoms with E-state index in [1.165, 1.54) is 18.3 Å². The van der Waals surface area contributed by atoms with Crippen LogP contribution < -0.4 is 10.2 Å². The number of nitrogens with zero attached hydrogens (tertiary/aromatic N) is 2. The summed E-state index contributed by atoms with van der Waals surface area (Å²) in [4.78, 5) is 6.20. The zero-order valence-corrected chi connectivity index (χ0v) is 7.33. The van der Waals surface area contributed by atoms with Crippen molar-refractivity contribution in [1.82, 2.24) is 10.3 Å². The largest absolute Gasteiger partial charge is 0.354 e. The molecular formula is C9H12FN3. The summed E-state index contributed by atoms with van der Waals surface area (Å²) in [5.41, 5.74) is 0. The number of hydrogen-bond acceptors (Lipinski definition) is 3. The molecule has 70 valence electrons. The fourth-order valence-corrected chi connectivity index (χ4v) is 1.46. The van der Waals surface area contributed by atoms with E-state index in [1.807, 2.05) is 0 Å². The van der Waals surface area contributed by atoms with Gasteiger partial charge in [-0.05, 0) is 6.07 Å². The maximum atomic E-state index is 12.8. The van der Waals surface area contributed by atoms with E-state index in [0.29, 0.717) is 0 Å². The molecule has 1 aliphatic heterocycles. The first kappa shape index (κ1) is 8.44. The van der Waals surface area contributed by atoms with Crippen molar-refractivity contribution in [2.45, 2.75) is 0 Å². The van der Waals surface area contributed by atoms with Gasteiger partial charge in [-0.2, -0.15) is 0 Å². The van der Waals surface area contributed by atoms with Crippen molar-refractivity contribution in [3.8, 4) is 0 Å². The van der Waals surface area contributed by atoms with Gasteiger partial charge in [-0.1, -0.05) is 0 Å². The maximum absolute atomic E-state index is 12.8. The van der Waals surface area contributed by atoms with Gasteiger partial charge in [0.1, 0.15) is 11.6 Å². The van der Waals surface area contributed by atoms with E-state index in [1.54, 1.807) is 0 Å². The number of aromatic nitrogens is 1. The number of anilines is 1. The van der Waals surface area contributed by atoms with E-state index in [2.05, 4.69) is 15.2 Å². The van der Waals surface area contributed by atoms with Gasteiger partial charge in [-0.25, -0.2) is 9.37 Å². The summed E-state index contributed by atoms with van der Waals surface area (Å²) in [6.07, 6.45) is 1.51. The number of nitrogens with one attached hydrogen (secondary N) is 1. The quantitative estimate of drug-likeness (QED) is 0.688. The van der Waals surface area contributed by atoms with Gasteiger partial charge in [-0.3, -0.25) is 0 Å². The summed E-state index contributed by atoms with van der Waals surface area (Å²) in [6.45, 7) is 3.68. The van der Waals surface area contributed by atoms with Gasteiger partial charge in [0.15, 0.2) is 0 Å². The van der Waals surface area contributed by atoms with Crippen molar-refractivity contribution in [3.05, 3.63) is 24.1 Å². The molecule has 0 radical (unpaired) electrons. The molecule has 0 atom stereocenters. The summed E-state index contributed by atoms with van der Waals surface area (Å²) >= 11 is 0. The van der Waals surface area contributed by atoms with E-state index in [9.17, 15) is 4.39 Å². The van der Waals surface area contributed by atoms with Gasteiger partial charge in [0, 0.05) is 38.4 Å². The molecule has 0 unspecified atom stereocenters. The lowest BCUT2D eigenvalue weighted by Gasteiger charge is -2.28. The number of hydrogen-bond donors (Lipinski definition) is 1. The summed E-state index contributed by atoms with van der Waals surface area (Å²) in [6, 6.07) is 2.84. The summed E-state index contributed by atoms with van der Waals surface area (Å²) in [7, 11) is 0. The Hall–Kier alpha value is -1.16. The second-order valence-corrected chi connectivity index (χ2v) is 3.07. The maximum Gasteiger partial charge on any atom is 0.131 e. The molecule has 0 spiro atoms. The molecular weight excluding hydrogens is 169 g/mol. The Morgan fingerprint density at radius 1 is 1.38 bits per heavy atom. The predicted octanol–water partition coefficient (Wildman–Crippen LogP) is 0.630. The van der Waals surface area contributed by atoms with Crippen LogP contribution in [-0.2, 0) is 0 Å². The minimum Gasteiger partial charge on any atom is -0.354 e. The fraction of sp³-hybridized carbons (Fsp3) is 0.444. The van der Waals surface area contributed by atoms with Crippen LogP contribution in [0.5, 0.6) is 0 Å². The first-order valence-electron chi connectivity index (χ1n) is 4.43. The Labute approximate surface area is 76.6 Å². The van der Waals surface area contributed by atoms with Crippen molar-refractivity contribution in [2.75, 3.05) is 31.1 Å². The topological polar surface area (TPSA) is 28.2 Å². The van der Waals surface area contributed by atoms with Crippen LogP contribution in [0.15, 0.2) is 18.3 Å². The number of pyridine rings is 1. The normalized spacial score (nSPS) is 17.5. The molecule has 2 heterocycles. The number of rotatable bonds is 1. The van der Waals surface area contributed by atoms with E-state index < -0.39 is 0 Å². The van der Waals surface area contributed by atoms with Crippen molar-refractivity contribution in [3.63, 3.8) is 0 Å². The smallest absolute Gasteiger partial charge is 0.131 e. The molecule has 2 rings (SSSR count). The van der Waals surface area contributed by atoms with Crippen LogP contribution in [0, 0.1) is 5.82 Å². The zero-order valence-electron chi connectivity index (χ0n) is 7.33. The van der Waals surface area contributed by atoms with Crippen LogP contribution in [0.25, 0.3) is 0 Å². The standard InChI is InChI=1S/C9H12FN3/c10-8-1-2-12-9(7-8)13-5-3-11-4-6-13/h1-2,7,11H,3-6H2. The monoisotopic (exact) mass is 181 g/mol. The van der Waals surface area contributed by atoms with Crippen molar-refractivity contribution < 1.29 is 4.39 Å². The Morgan fingerprint density at radius 3 is 2.85 bits per heavy atom. The first-order valence-corrected chi connectivity index (χ1v) is 4.43. The fourth-order valence-electron chi connectivity index (χ4n) is 1.46. The van der Waals surface area contributed by atoms with Crippen molar-refractivity contribution in [1.29, 1.82) is 0 Å². The first-order chi connectivity index (χ1) is 6.36. The second kappa shape index (κ2) is 3.70. The van der Waals surface area contributed by atoms with E-state index in [4.69, 9.17) is 0 Å². The Kier molecular flexibility index (Phi) is 2.40. The second-order valence-electron chi connectivity index (χ2n) is 3.07. The molecule has 0 amide bonds. The van der Waals surface area contributed by atoms with Gasteiger partial charge < -0.3 is 10.2 Å². The summed E-state index contributed by atoms with van der Waals surface area (Å²) in [5.74, 6) is 0.519. The molecule has 1 aromatic rings. The SMILES string of the molecule is Fc1ccnc(N2CCNCC2)c1. The van der Waals surface area contributed by atoms with E-state index in [0.717, 1.165) is 32.0 Å². The van der Waals surface area contributed by atoms with Gasteiger partial charge in [0.2, 0.25) is 0 Å².